The second-order valence-electron chi connectivity index (χ2n) is 8.78. The van der Waals surface area contributed by atoms with E-state index in [1.807, 2.05) is 12.4 Å². The maximum atomic E-state index is 4.98. The molecule has 2 heterocycles. The van der Waals surface area contributed by atoms with Crippen LogP contribution >= 0.6 is 0 Å². The fraction of sp³-hybridized carbons (Fsp3) is 0.583. The van der Waals surface area contributed by atoms with Crippen LogP contribution in [0.5, 0.6) is 0 Å². The van der Waals surface area contributed by atoms with E-state index >= 15 is 0 Å². The first-order valence-electron chi connectivity index (χ1n) is 10.7. The third-order valence-electron chi connectivity index (χ3n) is 7.96. The molecule has 3 aliphatic carbocycles. The number of hydrogen-bond donors (Lipinski definition) is 0. The molecule has 4 atom stereocenters. The van der Waals surface area contributed by atoms with Crippen molar-refractivity contribution in [1.29, 1.82) is 0 Å². The van der Waals surface area contributed by atoms with Gasteiger partial charge in [-0.15, -0.1) is 0 Å². The summed E-state index contributed by atoms with van der Waals surface area (Å²) in [5.74, 6) is 1.58. The third kappa shape index (κ3) is 2.11. The Hall–Kier alpha value is -1.70. The quantitative estimate of drug-likeness (QED) is 0.684. The molecular weight excluding hydrogens is 316 g/mol. The Morgan fingerprint density at radius 2 is 1.12 bits per heavy atom. The van der Waals surface area contributed by atoms with Crippen LogP contribution in [-0.2, 0) is 10.8 Å². The van der Waals surface area contributed by atoms with Crippen LogP contribution in [0.4, 0.5) is 0 Å². The topological polar surface area (TPSA) is 25.8 Å². The fourth-order valence-corrected chi connectivity index (χ4v) is 7.20. The Morgan fingerprint density at radius 3 is 1.54 bits per heavy atom. The van der Waals surface area contributed by atoms with Gasteiger partial charge in [-0.2, -0.15) is 0 Å². The van der Waals surface area contributed by atoms with Crippen LogP contribution in [0.1, 0.15) is 75.6 Å². The number of hydrogen-bond acceptors (Lipinski definition) is 2. The van der Waals surface area contributed by atoms with Crippen LogP contribution in [0.15, 0.2) is 48.8 Å². The minimum Gasteiger partial charge on any atom is -0.261 e. The summed E-state index contributed by atoms with van der Waals surface area (Å²) in [4.78, 5) is 9.96. The molecule has 0 spiro atoms. The standard InChI is InChI=1S/C24H30N2/c1-3-11-19-20-12-4-2-8-16-24(20,22-14-6-10-18-26-22)23(19,15-7-1)21-13-5-9-17-25-21/h5-6,9-10,13-14,17-20H,1-4,7-8,11-12,15-16H2/t19-,20-,23+,24+/m0/s1. The van der Waals surface area contributed by atoms with Crippen molar-refractivity contribution < 1.29 is 0 Å². The van der Waals surface area contributed by atoms with Gasteiger partial charge in [0.15, 0.2) is 0 Å². The smallest absolute Gasteiger partial charge is 0.0477 e. The van der Waals surface area contributed by atoms with E-state index in [2.05, 4.69) is 36.4 Å². The van der Waals surface area contributed by atoms with Gasteiger partial charge in [0.25, 0.3) is 0 Å². The highest BCUT2D eigenvalue weighted by Gasteiger charge is 2.72. The summed E-state index contributed by atoms with van der Waals surface area (Å²) in [6, 6.07) is 13.2. The van der Waals surface area contributed by atoms with Gasteiger partial charge in [-0.05, 0) is 61.8 Å². The van der Waals surface area contributed by atoms with Crippen molar-refractivity contribution in [3.8, 4) is 0 Å². The van der Waals surface area contributed by atoms with Gasteiger partial charge in [-0.3, -0.25) is 9.97 Å². The van der Waals surface area contributed by atoms with E-state index in [0.717, 1.165) is 11.8 Å². The van der Waals surface area contributed by atoms with Crippen molar-refractivity contribution in [1.82, 2.24) is 9.97 Å². The van der Waals surface area contributed by atoms with Crippen molar-refractivity contribution >= 4 is 0 Å². The van der Waals surface area contributed by atoms with Crippen LogP contribution in [0.3, 0.4) is 0 Å². The summed E-state index contributed by atoms with van der Waals surface area (Å²) in [5, 5.41) is 0. The van der Waals surface area contributed by atoms with Gasteiger partial charge < -0.3 is 0 Å². The van der Waals surface area contributed by atoms with Crippen LogP contribution in [-0.4, -0.2) is 9.97 Å². The molecule has 2 heteroatoms. The lowest BCUT2D eigenvalue weighted by molar-refractivity contribution is -0.108. The molecule has 0 unspecified atom stereocenters. The molecule has 2 aromatic heterocycles. The summed E-state index contributed by atoms with van der Waals surface area (Å²) >= 11 is 0. The second-order valence-corrected chi connectivity index (χ2v) is 8.78. The first-order valence-corrected chi connectivity index (χ1v) is 10.7. The molecule has 136 valence electrons. The SMILES string of the molecule is c1ccc([C@@]23CCCCC[C@H]2[C@@H]2CCCCC[C@]23c2ccccn2)nc1. The van der Waals surface area contributed by atoms with Crippen molar-refractivity contribution in [2.75, 3.05) is 0 Å². The zero-order valence-electron chi connectivity index (χ0n) is 15.7. The lowest BCUT2D eigenvalue weighted by Crippen LogP contribution is -2.70. The molecule has 0 bridgehead atoms. The van der Waals surface area contributed by atoms with Crippen LogP contribution in [0, 0.1) is 11.8 Å². The molecule has 0 amide bonds. The maximum Gasteiger partial charge on any atom is 0.0477 e. The first-order chi connectivity index (χ1) is 12.9. The minimum absolute atomic E-state index is 0.202. The highest BCUT2D eigenvalue weighted by molar-refractivity contribution is 5.43. The highest BCUT2D eigenvalue weighted by atomic mass is 14.9. The summed E-state index contributed by atoms with van der Waals surface area (Å²) in [6.45, 7) is 0. The molecule has 0 radical (unpaired) electrons. The van der Waals surface area contributed by atoms with E-state index < -0.39 is 0 Å². The van der Waals surface area contributed by atoms with E-state index in [0.29, 0.717) is 0 Å². The number of rotatable bonds is 2. The molecule has 2 nitrogen and oxygen atoms in total. The van der Waals surface area contributed by atoms with Gasteiger partial charge in [0, 0.05) is 34.6 Å². The second kappa shape index (κ2) is 6.48. The molecule has 2 aromatic rings. The predicted molar refractivity (Wildman–Crippen MR) is 105 cm³/mol. The number of aromatic nitrogens is 2. The highest BCUT2D eigenvalue weighted by Crippen LogP contribution is 2.73. The molecule has 5 rings (SSSR count). The van der Waals surface area contributed by atoms with E-state index in [1.54, 1.807) is 0 Å². The van der Waals surface area contributed by atoms with Gasteiger partial charge in [0.1, 0.15) is 0 Å². The Kier molecular flexibility index (Phi) is 4.10. The molecule has 3 aliphatic rings. The van der Waals surface area contributed by atoms with E-state index in [1.165, 1.54) is 75.6 Å². The lowest BCUT2D eigenvalue weighted by atomic mass is 9.33. The number of pyridine rings is 2. The molecule has 26 heavy (non-hydrogen) atoms. The summed E-state index contributed by atoms with van der Waals surface area (Å²) in [7, 11) is 0. The number of fused-ring (bicyclic) bond motifs is 4. The summed E-state index contributed by atoms with van der Waals surface area (Å²) < 4.78 is 0. The van der Waals surface area contributed by atoms with Crippen molar-refractivity contribution in [2.45, 2.75) is 75.0 Å². The minimum atomic E-state index is 0.202. The molecule has 0 N–H and O–H groups in total. The zero-order valence-corrected chi connectivity index (χ0v) is 15.7. The lowest BCUT2D eigenvalue weighted by Gasteiger charge is -2.69. The van der Waals surface area contributed by atoms with Crippen LogP contribution < -0.4 is 0 Å². The van der Waals surface area contributed by atoms with Crippen LogP contribution in [0.25, 0.3) is 0 Å². The van der Waals surface area contributed by atoms with Gasteiger partial charge >= 0.3 is 0 Å². The first kappa shape index (κ1) is 16.5. The summed E-state index contributed by atoms with van der Waals surface area (Å²) in [6.07, 6.45) is 17.6. The van der Waals surface area contributed by atoms with Crippen molar-refractivity contribution in [2.24, 2.45) is 11.8 Å². The Bertz CT molecular complexity index is 678. The maximum absolute atomic E-state index is 4.98. The van der Waals surface area contributed by atoms with Gasteiger partial charge in [0.05, 0.1) is 0 Å². The number of nitrogens with zero attached hydrogens (tertiary/aromatic N) is 2. The van der Waals surface area contributed by atoms with E-state index in [-0.39, 0.29) is 10.8 Å². The normalized spacial score (nSPS) is 36.8. The van der Waals surface area contributed by atoms with Gasteiger partial charge in [0.2, 0.25) is 0 Å². The van der Waals surface area contributed by atoms with Crippen molar-refractivity contribution in [3.05, 3.63) is 60.2 Å². The molecule has 0 saturated heterocycles. The van der Waals surface area contributed by atoms with Crippen molar-refractivity contribution in [3.63, 3.8) is 0 Å². The largest absolute Gasteiger partial charge is 0.261 e. The van der Waals surface area contributed by atoms with Crippen LogP contribution in [0.2, 0.25) is 0 Å². The molecule has 0 aliphatic heterocycles. The monoisotopic (exact) mass is 346 g/mol. The zero-order chi connectivity index (χ0) is 17.5. The Morgan fingerprint density at radius 1 is 0.615 bits per heavy atom. The van der Waals surface area contributed by atoms with E-state index in [4.69, 9.17) is 9.97 Å². The Balaban J connectivity index is 1.75. The fourth-order valence-electron chi connectivity index (χ4n) is 7.20. The predicted octanol–water partition coefficient (Wildman–Crippen LogP) is 5.83. The van der Waals surface area contributed by atoms with Gasteiger partial charge in [-0.1, -0.05) is 50.7 Å². The van der Waals surface area contributed by atoms with E-state index in [9.17, 15) is 0 Å². The average Bonchev–Trinajstić information content (AvgIpc) is 3.02. The molecule has 3 saturated carbocycles. The third-order valence-corrected chi connectivity index (χ3v) is 7.96. The molecule has 3 fully saturated rings. The molecular formula is C24H30N2. The Labute approximate surface area is 157 Å². The average molecular weight is 347 g/mol. The summed E-state index contributed by atoms with van der Waals surface area (Å²) in [5.41, 5.74) is 3.12. The molecule has 0 aromatic carbocycles. The van der Waals surface area contributed by atoms with Gasteiger partial charge in [-0.25, -0.2) is 0 Å².